The third-order valence-electron chi connectivity index (χ3n) is 3.45. The Morgan fingerprint density at radius 1 is 1.15 bits per heavy atom. The molecule has 26 heavy (non-hydrogen) atoms. The van der Waals surface area contributed by atoms with Crippen LogP contribution in [-0.4, -0.2) is 26.1 Å². The number of aromatic nitrogens is 4. The van der Waals surface area contributed by atoms with Crippen LogP contribution >= 0.6 is 11.3 Å². The third kappa shape index (κ3) is 3.65. The minimum atomic E-state index is -0.381. The summed E-state index contributed by atoms with van der Waals surface area (Å²) >= 11 is 1.45. The van der Waals surface area contributed by atoms with Crippen LogP contribution in [0.15, 0.2) is 64.9 Å². The first-order valence-electron chi connectivity index (χ1n) is 7.71. The SMILES string of the molecule is O=C(Cc1csc(-c2ccccn2)n1)Oc1ccc(-c2nnco2)cc1. The Kier molecular flexibility index (Phi) is 4.48. The van der Waals surface area contributed by atoms with E-state index in [-0.39, 0.29) is 12.4 Å². The van der Waals surface area contributed by atoms with Crippen LogP contribution in [-0.2, 0) is 11.2 Å². The smallest absolute Gasteiger partial charge is 0.317 e. The van der Waals surface area contributed by atoms with Crippen LogP contribution in [0.4, 0.5) is 0 Å². The van der Waals surface area contributed by atoms with Crippen molar-refractivity contribution in [1.82, 2.24) is 20.2 Å². The summed E-state index contributed by atoms with van der Waals surface area (Å²) in [5.74, 6) is 0.472. The molecule has 4 rings (SSSR count). The highest BCUT2D eigenvalue weighted by atomic mass is 32.1. The van der Waals surface area contributed by atoms with Gasteiger partial charge in [-0.15, -0.1) is 21.5 Å². The zero-order valence-corrected chi connectivity index (χ0v) is 14.2. The predicted octanol–water partition coefficient (Wildman–Crippen LogP) is 3.40. The van der Waals surface area contributed by atoms with Crippen molar-refractivity contribution in [3.8, 4) is 27.9 Å². The van der Waals surface area contributed by atoms with Gasteiger partial charge in [0.15, 0.2) is 0 Å². The van der Waals surface area contributed by atoms with E-state index in [0.29, 0.717) is 17.3 Å². The molecule has 0 aliphatic carbocycles. The zero-order chi connectivity index (χ0) is 17.8. The summed E-state index contributed by atoms with van der Waals surface area (Å²) < 4.78 is 10.5. The highest BCUT2D eigenvalue weighted by molar-refractivity contribution is 7.13. The Hall–Kier alpha value is -3.39. The average molecular weight is 364 g/mol. The van der Waals surface area contributed by atoms with E-state index in [1.54, 1.807) is 30.5 Å². The van der Waals surface area contributed by atoms with E-state index in [2.05, 4.69) is 20.2 Å². The van der Waals surface area contributed by atoms with Crippen LogP contribution < -0.4 is 4.74 Å². The van der Waals surface area contributed by atoms with Crippen molar-refractivity contribution in [2.45, 2.75) is 6.42 Å². The van der Waals surface area contributed by atoms with E-state index in [9.17, 15) is 4.79 Å². The molecule has 128 valence electrons. The number of carbonyl (C=O) groups excluding carboxylic acids is 1. The van der Waals surface area contributed by atoms with Crippen molar-refractivity contribution < 1.29 is 13.9 Å². The third-order valence-corrected chi connectivity index (χ3v) is 4.37. The summed E-state index contributed by atoms with van der Waals surface area (Å²) in [6.07, 6.45) is 3.06. The molecule has 0 unspecified atom stereocenters. The van der Waals surface area contributed by atoms with Crippen molar-refractivity contribution >= 4 is 17.3 Å². The lowest BCUT2D eigenvalue weighted by Crippen LogP contribution is -2.11. The van der Waals surface area contributed by atoms with Gasteiger partial charge in [0, 0.05) is 17.1 Å². The van der Waals surface area contributed by atoms with Gasteiger partial charge in [-0.1, -0.05) is 6.07 Å². The van der Waals surface area contributed by atoms with E-state index in [0.717, 1.165) is 16.3 Å². The number of ether oxygens (including phenoxy) is 1. The fourth-order valence-corrected chi connectivity index (χ4v) is 3.07. The van der Waals surface area contributed by atoms with Crippen LogP contribution in [0.1, 0.15) is 5.69 Å². The molecule has 0 aliphatic heterocycles. The molecule has 0 aliphatic rings. The van der Waals surface area contributed by atoms with Gasteiger partial charge in [-0.2, -0.15) is 0 Å². The summed E-state index contributed by atoms with van der Waals surface area (Å²) in [6.45, 7) is 0. The fraction of sp³-hybridized carbons (Fsp3) is 0.0556. The van der Waals surface area contributed by atoms with Crippen LogP contribution in [0, 0.1) is 0 Å². The number of hydrogen-bond donors (Lipinski definition) is 0. The van der Waals surface area contributed by atoms with Gasteiger partial charge in [-0.25, -0.2) is 4.98 Å². The lowest BCUT2D eigenvalue weighted by Gasteiger charge is -2.03. The Morgan fingerprint density at radius 2 is 2.04 bits per heavy atom. The van der Waals surface area contributed by atoms with Crippen LogP contribution in [0.25, 0.3) is 22.2 Å². The first kappa shape index (κ1) is 16.1. The highest BCUT2D eigenvalue weighted by Gasteiger charge is 2.12. The van der Waals surface area contributed by atoms with Gasteiger partial charge in [-0.05, 0) is 36.4 Å². The maximum absolute atomic E-state index is 12.1. The molecule has 0 saturated heterocycles. The standard InChI is InChI=1S/C18H12N4O3S/c23-16(9-13-10-26-18(21-13)15-3-1-2-8-19-15)25-14-6-4-12(5-7-14)17-22-20-11-24-17/h1-8,10-11H,9H2. The summed E-state index contributed by atoms with van der Waals surface area (Å²) in [6, 6.07) is 12.5. The van der Waals surface area contributed by atoms with E-state index < -0.39 is 0 Å². The molecule has 1 aromatic carbocycles. The Morgan fingerprint density at radius 3 is 2.77 bits per heavy atom. The quantitative estimate of drug-likeness (QED) is 0.396. The summed E-state index contributed by atoms with van der Waals surface area (Å²) in [5, 5.41) is 10.1. The molecule has 0 amide bonds. The van der Waals surface area contributed by atoms with Crippen molar-refractivity contribution in [2.24, 2.45) is 0 Å². The summed E-state index contributed by atoms with van der Waals surface area (Å²) in [7, 11) is 0. The number of hydrogen-bond acceptors (Lipinski definition) is 8. The number of esters is 1. The van der Waals surface area contributed by atoms with Gasteiger partial charge in [0.1, 0.15) is 10.8 Å². The number of rotatable bonds is 5. The molecule has 0 spiro atoms. The molecule has 0 N–H and O–H groups in total. The minimum absolute atomic E-state index is 0.0920. The van der Waals surface area contributed by atoms with Crippen molar-refractivity contribution in [3.63, 3.8) is 0 Å². The zero-order valence-electron chi connectivity index (χ0n) is 13.4. The number of nitrogens with zero attached hydrogens (tertiary/aromatic N) is 4. The highest BCUT2D eigenvalue weighted by Crippen LogP contribution is 2.23. The Balaban J connectivity index is 1.39. The lowest BCUT2D eigenvalue weighted by atomic mass is 10.2. The Labute approximate surface area is 152 Å². The first-order chi connectivity index (χ1) is 12.8. The summed E-state index contributed by atoms with van der Waals surface area (Å²) in [5.41, 5.74) is 2.19. The second kappa shape index (κ2) is 7.24. The van der Waals surface area contributed by atoms with Gasteiger partial charge in [0.2, 0.25) is 12.3 Å². The van der Waals surface area contributed by atoms with E-state index in [1.165, 1.54) is 17.7 Å². The van der Waals surface area contributed by atoms with Crippen LogP contribution in [0.2, 0.25) is 0 Å². The topological polar surface area (TPSA) is 91.0 Å². The maximum atomic E-state index is 12.1. The van der Waals surface area contributed by atoms with Gasteiger partial charge >= 0.3 is 5.97 Å². The molecule has 3 heterocycles. The van der Waals surface area contributed by atoms with Gasteiger partial charge < -0.3 is 9.15 Å². The monoisotopic (exact) mass is 364 g/mol. The number of pyridine rings is 1. The molecule has 0 saturated carbocycles. The van der Waals surface area contributed by atoms with Gasteiger partial charge in [0.25, 0.3) is 0 Å². The molecular formula is C18H12N4O3S. The van der Waals surface area contributed by atoms with Crippen LogP contribution in [0.5, 0.6) is 5.75 Å². The Bertz CT molecular complexity index is 999. The molecule has 7 nitrogen and oxygen atoms in total. The number of thiazole rings is 1. The largest absolute Gasteiger partial charge is 0.426 e. The molecule has 0 atom stereocenters. The molecule has 0 radical (unpaired) electrons. The van der Waals surface area contributed by atoms with E-state index in [1.807, 2.05) is 23.6 Å². The number of benzene rings is 1. The van der Waals surface area contributed by atoms with Gasteiger partial charge in [0.05, 0.1) is 17.8 Å². The predicted molar refractivity (Wildman–Crippen MR) is 94.4 cm³/mol. The fourth-order valence-electron chi connectivity index (χ4n) is 2.27. The molecular weight excluding hydrogens is 352 g/mol. The second-order valence-corrected chi connectivity index (χ2v) is 6.14. The lowest BCUT2D eigenvalue weighted by molar-refractivity contribution is -0.133. The molecule has 3 aromatic heterocycles. The van der Waals surface area contributed by atoms with Gasteiger partial charge in [-0.3, -0.25) is 9.78 Å². The molecule has 4 aromatic rings. The summed E-state index contributed by atoms with van der Waals surface area (Å²) in [4.78, 5) is 20.8. The van der Waals surface area contributed by atoms with E-state index in [4.69, 9.17) is 9.15 Å². The first-order valence-corrected chi connectivity index (χ1v) is 8.59. The van der Waals surface area contributed by atoms with Crippen LogP contribution in [0.3, 0.4) is 0 Å². The van der Waals surface area contributed by atoms with E-state index >= 15 is 0 Å². The van der Waals surface area contributed by atoms with Crippen molar-refractivity contribution in [2.75, 3.05) is 0 Å². The van der Waals surface area contributed by atoms with Crippen molar-refractivity contribution in [1.29, 1.82) is 0 Å². The second-order valence-electron chi connectivity index (χ2n) is 5.28. The number of carbonyl (C=O) groups is 1. The minimum Gasteiger partial charge on any atom is -0.426 e. The molecule has 8 heteroatoms. The molecule has 0 bridgehead atoms. The average Bonchev–Trinajstić information content (AvgIpc) is 3.35. The normalized spacial score (nSPS) is 10.6. The molecule has 0 fully saturated rings. The van der Waals surface area contributed by atoms with Crippen molar-refractivity contribution in [3.05, 3.63) is 66.1 Å². The maximum Gasteiger partial charge on any atom is 0.317 e.